The van der Waals surface area contributed by atoms with E-state index in [-0.39, 0.29) is 46.7 Å². The van der Waals surface area contributed by atoms with Crippen molar-refractivity contribution in [3.63, 3.8) is 0 Å². The number of ether oxygens (including phenoxy) is 2. The highest BCUT2D eigenvalue weighted by molar-refractivity contribution is 14.0. The van der Waals surface area contributed by atoms with Crippen LogP contribution in [0.15, 0.2) is 29.3 Å². The summed E-state index contributed by atoms with van der Waals surface area (Å²) in [7, 11) is 3.50. The Balaban J connectivity index is 0.00000392. The lowest BCUT2D eigenvalue weighted by molar-refractivity contribution is 0.0204. The van der Waals surface area contributed by atoms with E-state index in [1.807, 2.05) is 12.1 Å². The van der Waals surface area contributed by atoms with Crippen LogP contribution in [0.4, 0.5) is 4.39 Å². The number of methoxy groups -OCH3 is 1. The largest absolute Gasteiger partial charge is 0.381 e. The summed E-state index contributed by atoms with van der Waals surface area (Å²) in [4.78, 5) is 4.35. The Morgan fingerprint density at radius 3 is 2.32 bits per heavy atom. The van der Waals surface area contributed by atoms with Gasteiger partial charge in [-0.1, -0.05) is 32.9 Å². The van der Waals surface area contributed by atoms with Crippen LogP contribution in [0.3, 0.4) is 0 Å². The molecule has 1 heterocycles. The Morgan fingerprint density at radius 1 is 1.21 bits per heavy atom. The zero-order chi connectivity index (χ0) is 19.9. The van der Waals surface area contributed by atoms with Gasteiger partial charge in [0.25, 0.3) is 0 Å². The second-order valence-electron chi connectivity index (χ2n) is 8.30. The van der Waals surface area contributed by atoms with Crippen molar-refractivity contribution < 1.29 is 13.9 Å². The minimum Gasteiger partial charge on any atom is -0.381 e. The standard InChI is InChI=1S/C21H34FN3O2.HI/c1-20(2,3)18(26-5)14-24-19(23-4)25-15-21(10-12-27-13-11-21)16-6-8-17(22)9-7-16;/h6-9,18H,10-15H2,1-5H3,(H2,23,24,25);1H. The molecule has 2 rings (SSSR count). The molecule has 5 nitrogen and oxygen atoms in total. The molecule has 160 valence electrons. The topological polar surface area (TPSA) is 54.9 Å². The monoisotopic (exact) mass is 507 g/mol. The number of halogens is 2. The summed E-state index contributed by atoms with van der Waals surface area (Å²) >= 11 is 0. The third-order valence-electron chi connectivity index (χ3n) is 5.43. The lowest BCUT2D eigenvalue weighted by Gasteiger charge is -2.38. The first-order valence-electron chi connectivity index (χ1n) is 9.62. The number of nitrogens with one attached hydrogen (secondary N) is 2. The van der Waals surface area contributed by atoms with E-state index in [9.17, 15) is 4.39 Å². The van der Waals surface area contributed by atoms with E-state index in [1.54, 1.807) is 14.2 Å². The van der Waals surface area contributed by atoms with Gasteiger partial charge in [0.1, 0.15) is 5.82 Å². The van der Waals surface area contributed by atoms with Gasteiger partial charge in [-0.2, -0.15) is 0 Å². The highest BCUT2D eigenvalue weighted by Gasteiger charge is 2.34. The molecule has 1 fully saturated rings. The molecule has 0 saturated carbocycles. The molecule has 0 aliphatic carbocycles. The first-order valence-corrected chi connectivity index (χ1v) is 9.62. The minimum atomic E-state index is -0.209. The van der Waals surface area contributed by atoms with Crippen molar-refractivity contribution in [1.29, 1.82) is 0 Å². The molecule has 0 radical (unpaired) electrons. The maximum absolute atomic E-state index is 13.4. The molecule has 1 aliphatic rings. The highest BCUT2D eigenvalue weighted by atomic mass is 127. The molecular formula is C21H35FIN3O2. The lowest BCUT2D eigenvalue weighted by Crippen LogP contribution is -2.50. The normalized spacial score (nSPS) is 18.1. The fraction of sp³-hybridized carbons (Fsp3) is 0.667. The summed E-state index contributed by atoms with van der Waals surface area (Å²) in [5.41, 5.74) is 1.09. The average molecular weight is 507 g/mol. The van der Waals surface area contributed by atoms with Gasteiger partial charge < -0.3 is 20.1 Å². The molecule has 7 heteroatoms. The van der Waals surface area contributed by atoms with Crippen molar-refractivity contribution in [3.8, 4) is 0 Å². The minimum absolute atomic E-state index is 0. The SMILES string of the molecule is CN=C(NCC(OC)C(C)(C)C)NCC1(c2ccc(F)cc2)CCOCC1.I. The molecule has 1 aromatic rings. The fourth-order valence-corrected chi connectivity index (χ4v) is 3.54. The Morgan fingerprint density at radius 2 is 1.82 bits per heavy atom. The van der Waals surface area contributed by atoms with Crippen LogP contribution in [0.5, 0.6) is 0 Å². The van der Waals surface area contributed by atoms with E-state index >= 15 is 0 Å². The van der Waals surface area contributed by atoms with Crippen LogP contribution in [0.25, 0.3) is 0 Å². The van der Waals surface area contributed by atoms with E-state index in [0.29, 0.717) is 19.8 Å². The molecule has 1 aliphatic heterocycles. The van der Waals surface area contributed by atoms with Crippen LogP contribution < -0.4 is 10.6 Å². The summed E-state index contributed by atoms with van der Waals surface area (Å²) in [6.07, 6.45) is 1.86. The van der Waals surface area contributed by atoms with Crippen LogP contribution in [-0.4, -0.2) is 52.5 Å². The molecule has 0 bridgehead atoms. The predicted octanol–water partition coefficient (Wildman–Crippen LogP) is 3.72. The van der Waals surface area contributed by atoms with Crippen molar-refractivity contribution in [2.75, 3.05) is 40.5 Å². The van der Waals surface area contributed by atoms with Crippen LogP contribution in [-0.2, 0) is 14.9 Å². The summed E-state index contributed by atoms with van der Waals surface area (Å²) in [5, 5.41) is 6.82. The fourth-order valence-electron chi connectivity index (χ4n) is 3.54. The molecule has 1 atom stereocenters. The highest BCUT2D eigenvalue weighted by Crippen LogP contribution is 2.34. The lowest BCUT2D eigenvalue weighted by atomic mass is 9.74. The van der Waals surface area contributed by atoms with Gasteiger partial charge in [0.2, 0.25) is 0 Å². The van der Waals surface area contributed by atoms with Crippen molar-refractivity contribution in [2.24, 2.45) is 10.4 Å². The first kappa shape index (κ1) is 25.1. The smallest absolute Gasteiger partial charge is 0.191 e. The third-order valence-corrected chi connectivity index (χ3v) is 5.43. The molecule has 2 N–H and O–H groups in total. The van der Waals surface area contributed by atoms with Gasteiger partial charge in [-0.05, 0) is 36.0 Å². The van der Waals surface area contributed by atoms with Gasteiger partial charge in [0.05, 0.1) is 6.10 Å². The van der Waals surface area contributed by atoms with E-state index in [4.69, 9.17) is 9.47 Å². The zero-order valence-corrected chi connectivity index (χ0v) is 20.0. The summed E-state index contributed by atoms with van der Waals surface area (Å²) < 4.78 is 24.5. The Kier molecular flexibility index (Phi) is 10.1. The number of rotatable bonds is 6. The Bertz CT molecular complexity index is 611. The molecule has 1 saturated heterocycles. The van der Waals surface area contributed by atoms with Gasteiger partial charge in [0.15, 0.2) is 5.96 Å². The number of guanidine groups is 1. The summed E-state index contributed by atoms with van der Waals surface area (Å²) in [6, 6.07) is 6.84. The predicted molar refractivity (Wildman–Crippen MR) is 123 cm³/mol. The van der Waals surface area contributed by atoms with Crippen molar-refractivity contribution in [1.82, 2.24) is 10.6 Å². The maximum atomic E-state index is 13.4. The molecule has 1 aromatic carbocycles. The number of benzene rings is 1. The molecule has 0 aromatic heterocycles. The van der Waals surface area contributed by atoms with Gasteiger partial charge >= 0.3 is 0 Å². The summed E-state index contributed by atoms with van der Waals surface area (Å²) in [6.45, 7) is 9.28. The molecule has 28 heavy (non-hydrogen) atoms. The Hall–Kier alpha value is -0.930. The van der Waals surface area contributed by atoms with Crippen LogP contribution in [0, 0.1) is 11.2 Å². The van der Waals surface area contributed by atoms with E-state index < -0.39 is 0 Å². The summed E-state index contributed by atoms with van der Waals surface area (Å²) in [5.74, 6) is 0.536. The number of hydrogen-bond donors (Lipinski definition) is 2. The first-order chi connectivity index (χ1) is 12.8. The maximum Gasteiger partial charge on any atom is 0.191 e. The quantitative estimate of drug-likeness (QED) is 0.350. The number of hydrogen-bond acceptors (Lipinski definition) is 3. The third kappa shape index (κ3) is 6.84. The van der Waals surface area contributed by atoms with Crippen molar-refractivity contribution >= 4 is 29.9 Å². The molecule has 0 spiro atoms. The second kappa shape index (κ2) is 11.3. The average Bonchev–Trinajstić information content (AvgIpc) is 2.65. The van der Waals surface area contributed by atoms with E-state index in [0.717, 1.165) is 30.9 Å². The molecular weight excluding hydrogens is 472 g/mol. The van der Waals surface area contributed by atoms with Crippen LogP contribution in [0.1, 0.15) is 39.2 Å². The van der Waals surface area contributed by atoms with Gasteiger partial charge in [-0.15, -0.1) is 24.0 Å². The molecule has 1 unspecified atom stereocenters. The van der Waals surface area contributed by atoms with Gasteiger partial charge in [-0.3, -0.25) is 4.99 Å². The molecule has 0 amide bonds. The van der Waals surface area contributed by atoms with Crippen LogP contribution >= 0.6 is 24.0 Å². The van der Waals surface area contributed by atoms with Gasteiger partial charge in [0, 0.05) is 45.9 Å². The van der Waals surface area contributed by atoms with E-state index in [2.05, 4.69) is 36.4 Å². The van der Waals surface area contributed by atoms with Crippen molar-refractivity contribution in [2.45, 2.75) is 45.1 Å². The van der Waals surface area contributed by atoms with Crippen LogP contribution in [0.2, 0.25) is 0 Å². The van der Waals surface area contributed by atoms with E-state index in [1.165, 1.54) is 12.1 Å². The van der Waals surface area contributed by atoms with Crippen molar-refractivity contribution in [3.05, 3.63) is 35.6 Å². The van der Waals surface area contributed by atoms with Gasteiger partial charge in [-0.25, -0.2) is 4.39 Å². The second-order valence-corrected chi connectivity index (χ2v) is 8.30. The number of nitrogens with zero attached hydrogens (tertiary/aromatic N) is 1. The Labute approximate surface area is 185 Å². The zero-order valence-electron chi connectivity index (χ0n) is 17.7. The number of aliphatic imine (C=N–C) groups is 1.